The van der Waals surface area contributed by atoms with Crippen molar-refractivity contribution in [3.63, 3.8) is 0 Å². The van der Waals surface area contributed by atoms with Gasteiger partial charge in [0.2, 0.25) is 0 Å². The summed E-state index contributed by atoms with van der Waals surface area (Å²) in [4.78, 5) is 0. The molecule has 2 rings (SSSR count). The van der Waals surface area contributed by atoms with E-state index < -0.39 is 0 Å². The highest BCUT2D eigenvalue weighted by Crippen LogP contribution is 2.28. The first kappa shape index (κ1) is 11.4. The van der Waals surface area contributed by atoms with Crippen LogP contribution in [0.15, 0.2) is 60.7 Å². The summed E-state index contributed by atoms with van der Waals surface area (Å²) in [5.41, 5.74) is 2.76. The van der Waals surface area contributed by atoms with E-state index >= 15 is 0 Å². The Morgan fingerprint density at radius 2 is 1.19 bits per heavy atom. The lowest BCUT2D eigenvalue weighted by Crippen LogP contribution is -2.01. The highest BCUT2D eigenvalue weighted by atomic mass is 31.0. The Bertz CT molecular complexity index is 368. The van der Waals surface area contributed by atoms with E-state index in [1.54, 1.807) is 0 Å². The molecule has 0 saturated heterocycles. The lowest BCUT2D eigenvalue weighted by molar-refractivity contribution is 0.785. The van der Waals surface area contributed by atoms with Crippen LogP contribution in [0.1, 0.15) is 23.5 Å². The minimum absolute atomic E-state index is 0.472. The molecular weight excluding hydrogens is 211 g/mol. The second-order valence-electron chi connectivity index (χ2n) is 3.89. The fourth-order valence-electron chi connectivity index (χ4n) is 2.03. The fourth-order valence-corrected chi connectivity index (χ4v) is 2.28. The van der Waals surface area contributed by atoms with Crippen molar-refractivity contribution in [3.8, 4) is 0 Å². The SMILES string of the molecule is [P]CCC(c1ccccc1)c1ccccc1. The number of hydrogen-bond acceptors (Lipinski definition) is 0. The first-order chi connectivity index (χ1) is 7.92. The summed E-state index contributed by atoms with van der Waals surface area (Å²) < 4.78 is 0. The monoisotopic (exact) mass is 226 g/mol. The zero-order chi connectivity index (χ0) is 11.2. The van der Waals surface area contributed by atoms with E-state index in [2.05, 4.69) is 69.9 Å². The van der Waals surface area contributed by atoms with Gasteiger partial charge in [0, 0.05) is 5.92 Å². The van der Waals surface area contributed by atoms with Gasteiger partial charge in [-0.05, 0) is 32.9 Å². The van der Waals surface area contributed by atoms with Crippen LogP contribution in [0.2, 0.25) is 0 Å². The van der Waals surface area contributed by atoms with Crippen molar-refractivity contribution in [2.75, 3.05) is 6.16 Å². The fraction of sp³-hybridized carbons (Fsp3) is 0.200. The van der Waals surface area contributed by atoms with Crippen molar-refractivity contribution in [2.24, 2.45) is 0 Å². The van der Waals surface area contributed by atoms with E-state index in [1.807, 2.05) is 0 Å². The zero-order valence-corrected chi connectivity index (χ0v) is 10.1. The summed E-state index contributed by atoms with van der Waals surface area (Å²) in [5, 5.41) is 0. The molecule has 2 aromatic rings. The van der Waals surface area contributed by atoms with Crippen LogP contribution in [0.25, 0.3) is 0 Å². The van der Waals surface area contributed by atoms with Crippen LogP contribution in [0.5, 0.6) is 0 Å². The Morgan fingerprint density at radius 1 is 0.750 bits per heavy atom. The molecule has 2 radical (unpaired) electrons. The second kappa shape index (κ2) is 5.82. The molecule has 0 heterocycles. The van der Waals surface area contributed by atoms with Crippen LogP contribution in [0.4, 0.5) is 0 Å². The summed E-state index contributed by atoms with van der Waals surface area (Å²) in [7, 11) is 4.36. The molecule has 0 aliphatic rings. The Morgan fingerprint density at radius 3 is 1.56 bits per heavy atom. The van der Waals surface area contributed by atoms with E-state index in [4.69, 9.17) is 0 Å². The summed E-state index contributed by atoms with van der Waals surface area (Å²) in [6.07, 6.45) is 1.99. The highest BCUT2D eigenvalue weighted by molar-refractivity contribution is 7.16. The molecule has 0 bridgehead atoms. The zero-order valence-electron chi connectivity index (χ0n) is 9.21. The van der Waals surface area contributed by atoms with Gasteiger partial charge in [-0.2, -0.15) is 0 Å². The number of benzene rings is 2. The molecule has 2 aromatic carbocycles. The molecule has 0 aliphatic carbocycles. The van der Waals surface area contributed by atoms with Crippen molar-refractivity contribution < 1.29 is 0 Å². The maximum Gasteiger partial charge on any atom is 0.00929 e. The third kappa shape index (κ3) is 2.71. The molecule has 16 heavy (non-hydrogen) atoms. The molecule has 0 fully saturated rings. The molecule has 0 amide bonds. The maximum absolute atomic E-state index is 4.36. The van der Waals surface area contributed by atoms with Crippen molar-refractivity contribution >= 4 is 9.24 Å². The average molecular weight is 226 g/mol. The van der Waals surface area contributed by atoms with E-state index in [1.165, 1.54) is 11.1 Å². The van der Waals surface area contributed by atoms with Gasteiger partial charge < -0.3 is 0 Å². The molecular formula is C15H15P. The van der Waals surface area contributed by atoms with Gasteiger partial charge in [-0.1, -0.05) is 60.7 Å². The van der Waals surface area contributed by atoms with Gasteiger partial charge >= 0.3 is 0 Å². The largest absolute Gasteiger partial charge is 0.0622 e. The minimum atomic E-state index is 0.472. The van der Waals surface area contributed by atoms with Crippen LogP contribution >= 0.6 is 9.24 Å². The lowest BCUT2D eigenvalue weighted by atomic mass is 9.89. The van der Waals surface area contributed by atoms with Crippen molar-refractivity contribution in [1.29, 1.82) is 0 Å². The first-order valence-electron chi connectivity index (χ1n) is 5.62. The molecule has 0 aliphatic heterocycles. The maximum atomic E-state index is 4.36. The standard InChI is InChI=1S/C15H15P/c16-12-11-15(13-7-3-1-4-8-13)14-9-5-2-6-10-14/h1-10,15H,11-12H2. The van der Waals surface area contributed by atoms with Crippen molar-refractivity contribution in [1.82, 2.24) is 0 Å². The predicted molar refractivity (Wildman–Crippen MR) is 71.1 cm³/mol. The smallest absolute Gasteiger partial charge is 0.00929 e. The van der Waals surface area contributed by atoms with Gasteiger partial charge in [-0.3, -0.25) is 0 Å². The van der Waals surface area contributed by atoms with Crippen LogP contribution in [-0.4, -0.2) is 6.16 Å². The predicted octanol–water partition coefficient (Wildman–Crippen LogP) is 4.62. The molecule has 0 spiro atoms. The second-order valence-corrected chi connectivity index (χ2v) is 4.33. The van der Waals surface area contributed by atoms with E-state index in [0.29, 0.717) is 5.92 Å². The molecule has 0 saturated carbocycles. The van der Waals surface area contributed by atoms with E-state index in [-0.39, 0.29) is 0 Å². The number of hydrogen-bond donors (Lipinski definition) is 0. The van der Waals surface area contributed by atoms with Crippen LogP contribution in [-0.2, 0) is 0 Å². The normalized spacial score (nSPS) is 10.6. The molecule has 0 N–H and O–H groups in total. The molecule has 0 aromatic heterocycles. The van der Waals surface area contributed by atoms with Gasteiger partial charge in [0.15, 0.2) is 0 Å². The van der Waals surface area contributed by atoms with Crippen molar-refractivity contribution in [2.45, 2.75) is 12.3 Å². The van der Waals surface area contributed by atoms with Gasteiger partial charge in [-0.25, -0.2) is 0 Å². The summed E-state index contributed by atoms with van der Waals surface area (Å²) >= 11 is 0. The third-order valence-electron chi connectivity index (χ3n) is 2.82. The van der Waals surface area contributed by atoms with Gasteiger partial charge in [0.05, 0.1) is 0 Å². The van der Waals surface area contributed by atoms with Crippen LogP contribution in [0, 0.1) is 0 Å². The topological polar surface area (TPSA) is 0 Å². The Hall–Kier alpha value is -1.13. The first-order valence-corrected chi connectivity index (χ1v) is 6.26. The highest BCUT2D eigenvalue weighted by Gasteiger charge is 2.11. The van der Waals surface area contributed by atoms with E-state index in [9.17, 15) is 0 Å². The molecule has 1 heteroatoms. The van der Waals surface area contributed by atoms with Gasteiger partial charge in [0.25, 0.3) is 0 Å². The quantitative estimate of drug-likeness (QED) is 0.667. The number of rotatable bonds is 4. The molecule has 0 atom stereocenters. The van der Waals surface area contributed by atoms with Gasteiger partial charge in [-0.15, -0.1) is 0 Å². The average Bonchev–Trinajstić information content (AvgIpc) is 2.38. The minimum Gasteiger partial charge on any atom is -0.0622 e. The summed E-state index contributed by atoms with van der Waals surface area (Å²) in [5.74, 6) is 0.472. The molecule has 80 valence electrons. The van der Waals surface area contributed by atoms with E-state index in [0.717, 1.165) is 12.6 Å². The molecule has 0 unspecified atom stereocenters. The lowest BCUT2D eigenvalue weighted by Gasteiger charge is -2.16. The summed E-state index contributed by atoms with van der Waals surface area (Å²) in [6, 6.07) is 21.3. The Kier molecular flexibility index (Phi) is 4.13. The third-order valence-corrected chi connectivity index (χ3v) is 3.08. The van der Waals surface area contributed by atoms with Crippen LogP contribution in [0.3, 0.4) is 0 Å². The molecule has 0 nitrogen and oxygen atoms in total. The summed E-state index contributed by atoms with van der Waals surface area (Å²) in [6.45, 7) is 0. The van der Waals surface area contributed by atoms with Crippen LogP contribution < -0.4 is 0 Å². The van der Waals surface area contributed by atoms with Crippen molar-refractivity contribution in [3.05, 3.63) is 71.8 Å². The Balaban J connectivity index is 2.31. The Labute approximate surface area is 99.9 Å². The van der Waals surface area contributed by atoms with Gasteiger partial charge in [0.1, 0.15) is 0 Å².